The highest BCUT2D eigenvalue weighted by molar-refractivity contribution is 9.10. The van der Waals surface area contributed by atoms with Gasteiger partial charge in [-0.15, -0.1) is 0 Å². The summed E-state index contributed by atoms with van der Waals surface area (Å²) in [6.07, 6.45) is -4.40. The summed E-state index contributed by atoms with van der Waals surface area (Å²) in [5.74, 6) is -0.234. The molecule has 0 spiro atoms. The van der Waals surface area contributed by atoms with E-state index < -0.39 is 18.8 Å². The predicted molar refractivity (Wildman–Crippen MR) is 68.2 cm³/mol. The molecule has 1 unspecified atom stereocenters. The predicted octanol–water partition coefficient (Wildman–Crippen LogP) is 2.58. The second-order valence-corrected chi connectivity index (χ2v) is 5.11. The van der Waals surface area contributed by atoms with Gasteiger partial charge in [-0.3, -0.25) is 4.79 Å². The smallest absolute Gasteiger partial charge is 0.334 e. The van der Waals surface area contributed by atoms with Gasteiger partial charge in [-0.25, -0.2) is 4.98 Å². The van der Waals surface area contributed by atoms with E-state index in [1.807, 2.05) is 0 Å². The average Bonchev–Trinajstić information content (AvgIpc) is 2.30. The molecule has 0 fully saturated rings. The van der Waals surface area contributed by atoms with Gasteiger partial charge >= 0.3 is 6.18 Å². The molecule has 1 aromatic heterocycles. The second-order valence-electron chi connectivity index (χ2n) is 4.29. The number of carbonyl (C=O) groups is 1. The lowest BCUT2D eigenvalue weighted by atomic mass is 10.1. The number of halogens is 4. The first kappa shape index (κ1) is 14.1. The quantitative estimate of drug-likeness (QED) is 0.739. The highest BCUT2D eigenvalue weighted by Gasteiger charge is 2.41. The van der Waals surface area contributed by atoms with Gasteiger partial charge in [0.1, 0.15) is 17.2 Å². The standard InChI is InChI=1S/C11H11BrF3N3O/c1-6-10(19)17(2)7-3-4-8(12)16-9(7)18(6)5-11(13,14)15/h3-4,6H,5H2,1-2H3. The molecule has 1 aliphatic heterocycles. The van der Waals surface area contributed by atoms with Crippen LogP contribution in [0, 0.1) is 0 Å². The number of hydrogen-bond acceptors (Lipinski definition) is 3. The van der Waals surface area contributed by atoms with Gasteiger partial charge < -0.3 is 9.80 Å². The van der Waals surface area contributed by atoms with Crippen molar-refractivity contribution in [3.8, 4) is 0 Å². The van der Waals surface area contributed by atoms with E-state index in [1.54, 1.807) is 12.1 Å². The fourth-order valence-corrected chi connectivity index (χ4v) is 2.31. The molecule has 1 amide bonds. The number of hydrogen-bond donors (Lipinski definition) is 0. The Morgan fingerprint density at radius 2 is 2.05 bits per heavy atom. The molecule has 8 heteroatoms. The SMILES string of the molecule is CC1C(=O)N(C)c2ccc(Br)nc2N1CC(F)(F)F. The third-order valence-corrected chi connectivity index (χ3v) is 3.40. The summed E-state index contributed by atoms with van der Waals surface area (Å²) in [5, 5.41) is 0. The van der Waals surface area contributed by atoms with Crippen LogP contribution >= 0.6 is 15.9 Å². The van der Waals surface area contributed by atoms with Crippen LogP contribution in [-0.4, -0.2) is 36.7 Å². The number of amides is 1. The van der Waals surface area contributed by atoms with Crippen LogP contribution in [-0.2, 0) is 4.79 Å². The molecule has 0 radical (unpaired) electrons. The van der Waals surface area contributed by atoms with E-state index in [0.29, 0.717) is 10.3 Å². The Labute approximate surface area is 116 Å². The van der Waals surface area contributed by atoms with Crippen molar-refractivity contribution in [2.24, 2.45) is 0 Å². The van der Waals surface area contributed by atoms with Gasteiger partial charge in [0.05, 0.1) is 5.69 Å². The lowest BCUT2D eigenvalue weighted by Gasteiger charge is -2.39. The molecule has 1 aromatic rings. The van der Waals surface area contributed by atoms with E-state index in [0.717, 1.165) is 4.90 Å². The molecule has 1 aliphatic rings. The van der Waals surface area contributed by atoms with Gasteiger partial charge in [-0.05, 0) is 35.0 Å². The molecule has 1 atom stereocenters. The van der Waals surface area contributed by atoms with Gasteiger partial charge in [-0.1, -0.05) is 0 Å². The molecule has 2 rings (SSSR count). The lowest BCUT2D eigenvalue weighted by molar-refractivity contribution is -0.126. The zero-order valence-electron chi connectivity index (χ0n) is 10.2. The fourth-order valence-electron chi connectivity index (χ4n) is 2.01. The van der Waals surface area contributed by atoms with E-state index in [1.165, 1.54) is 18.9 Å². The van der Waals surface area contributed by atoms with E-state index >= 15 is 0 Å². The number of likely N-dealkylation sites (N-methyl/N-ethyl adjacent to an activating group) is 1. The first-order valence-electron chi connectivity index (χ1n) is 5.48. The maximum Gasteiger partial charge on any atom is 0.406 e. The van der Waals surface area contributed by atoms with Crippen LogP contribution in [0.4, 0.5) is 24.7 Å². The molecule has 19 heavy (non-hydrogen) atoms. The molecule has 0 N–H and O–H groups in total. The molecule has 0 aromatic carbocycles. The molecule has 0 aliphatic carbocycles. The normalized spacial score (nSPS) is 19.7. The minimum Gasteiger partial charge on any atom is -0.334 e. The van der Waals surface area contributed by atoms with E-state index in [-0.39, 0.29) is 11.7 Å². The van der Waals surface area contributed by atoms with Crippen molar-refractivity contribution in [3.63, 3.8) is 0 Å². The van der Waals surface area contributed by atoms with Crippen molar-refractivity contribution in [1.82, 2.24) is 4.98 Å². The van der Waals surface area contributed by atoms with Crippen LogP contribution in [0.15, 0.2) is 16.7 Å². The van der Waals surface area contributed by atoms with Gasteiger partial charge in [0, 0.05) is 7.05 Å². The van der Waals surface area contributed by atoms with Crippen LogP contribution in [0.25, 0.3) is 0 Å². The largest absolute Gasteiger partial charge is 0.406 e. The third kappa shape index (κ3) is 2.68. The van der Waals surface area contributed by atoms with E-state index in [2.05, 4.69) is 20.9 Å². The van der Waals surface area contributed by atoms with Crippen LogP contribution in [0.2, 0.25) is 0 Å². The first-order chi connectivity index (χ1) is 8.70. The highest BCUT2D eigenvalue weighted by atomic mass is 79.9. The highest BCUT2D eigenvalue weighted by Crippen LogP contribution is 2.36. The molecule has 2 heterocycles. The van der Waals surface area contributed by atoms with Gasteiger partial charge in [0.15, 0.2) is 5.82 Å². The van der Waals surface area contributed by atoms with Gasteiger partial charge in [0.25, 0.3) is 0 Å². The number of fused-ring (bicyclic) bond motifs is 1. The molecule has 0 saturated carbocycles. The Balaban J connectivity index is 2.51. The number of anilines is 2. The van der Waals surface area contributed by atoms with Crippen LogP contribution < -0.4 is 9.80 Å². The Morgan fingerprint density at radius 3 is 2.63 bits per heavy atom. The topological polar surface area (TPSA) is 36.4 Å². The van der Waals surface area contributed by atoms with Crippen LogP contribution in [0.1, 0.15) is 6.92 Å². The molecule has 0 bridgehead atoms. The molecule has 104 valence electrons. The van der Waals surface area contributed by atoms with Crippen LogP contribution in [0.5, 0.6) is 0 Å². The van der Waals surface area contributed by atoms with Crippen molar-refractivity contribution in [3.05, 3.63) is 16.7 Å². The number of carbonyl (C=O) groups excluding carboxylic acids is 1. The number of aromatic nitrogens is 1. The average molecular weight is 338 g/mol. The molecular weight excluding hydrogens is 327 g/mol. The Hall–Kier alpha value is -1.31. The molecule has 4 nitrogen and oxygen atoms in total. The monoisotopic (exact) mass is 337 g/mol. The summed E-state index contributed by atoms with van der Waals surface area (Å²) in [4.78, 5) is 18.3. The van der Waals surface area contributed by atoms with Gasteiger partial charge in [-0.2, -0.15) is 13.2 Å². The minimum atomic E-state index is -4.40. The van der Waals surface area contributed by atoms with Crippen molar-refractivity contribution in [2.45, 2.75) is 19.1 Å². The fraction of sp³-hybridized carbons (Fsp3) is 0.455. The summed E-state index contributed by atoms with van der Waals surface area (Å²) < 4.78 is 38.3. The summed E-state index contributed by atoms with van der Waals surface area (Å²) in [5.41, 5.74) is 0.371. The number of pyridine rings is 1. The maximum absolute atomic E-state index is 12.6. The maximum atomic E-state index is 12.6. The van der Waals surface area contributed by atoms with E-state index in [9.17, 15) is 18.0 Å². The van der Waals surface area contributed by atoms with Crippen molar-refractivity contribution < 1.29 is 18.0 Å². The number of alkyl halides is 3. The van der Waals surface area contributed by atoms with Crippen molar-refractivity contribution >= 4 is 33.3 Å². The zero-order valence-corrected chi connectivity index (χ0v) is 11.8. The summed E-state index contributed by atoms with van der Waals surface area (Å²) >= 11 is 3.13. The number of nitrogens with zero attached hydrogens (tertiary/aromatic N) is 3. The summed E-state index contributed by atoms with van der Waals surface area (Å²) in [6.45, 7) is 0.236. The van der Waals surface area contributed by atoms with Crippen LogP contribution in [0.3, 0.4) is 0 Å². The third-order valence-electron chi connectivity index (χ3n) is 2.96. The second kappa shape index (κ2) is 4.66. The minimum absolute atomic E-state index is 0.154. The molecule has 0 saturated heterocycles. The van der Waals surface area contributed by atoms with Crippen molar-refractivity contribution in [1.29, 1.82) is 0 Å². The Morgan fingerprint density at radius 1 is 1.42 bits per heavy atom. The van der Waals surface area contributed by atoms with E-state index in [4.69, 9.17) is 0 Å². The molecular formula is C11H11BrF3N3O. The summed E-state index contributed by atoms with van der Waals surface area (Å²) in [7, 11) is 1.53. The summed E-state index contributed by atoms with van der Waals surface area (Å²) in [6, 6.07) is 2.25. The lowest BCUT2D eigenvalue weighted by Crippen LogP contribution is -2.53. The van der Waals surface area contributed by atoms with Gasteiger partial charge in [0.2, 0.25) is 5.91 Å². The zero-order chi connectivity index (χ0) is 14.4. The van der Waals surface area contributed by atoms with Crippen molar-refractivity contribution in [2.75, 3.05) is 23.4 Å². The Kier molecular flexibility index (Phi) is 3.46. The Bertz CT molecular complexity index is 520. The number of rotatable bonds is 1. The first-order valence-corrected chi connectivity index (χ1v) is 6.27.